The third-order valence-electron chi connectivity index (χ3n) is 8.33. The standard InChI is InChI=1S/C27H35N5O3/c1-34-25-4-2-3-20(13-25)16-32-26(33)31(23-7-5-21(6-8-23)22-14-28-29-15-22)19-27(32)9-11-30(12-10-27)24-17-35-18-24/h2-8,13,22,24,28-29H,9-12,14-19H2,1H3. The molecule has 0 bridgehead atoms. The van der Waals surface area contributed by atoms with E-state index in [2.05, 4.69) is 51.0 Å². The molecule has 4 saturated heterocycles. The largest absolute Gasteiger partial charge is 0.497 e. The lowest BCUT2D eigenvalue weighted by Gasteiger charge is -2.47. The normalized spacial score (nSPS) is 23.3. The van der Waals surface area contributed by atoms with Crippen LogP contribution in [-0.2, 0) is 11.3 Å². The van der Waals surface area contributed by atoms with Crippen molar-refractivity contribution in [2.75, 3.05) is 57.9 Å². The quantitative estimate of drug-likeness (QED) is 0.667. The summed E-state index contributed by atoms with van der Waals surface area (Å²) in [6, 6.07) is 17.3. The number of carbonyl (C=O) groups excluding carboxylic acids is 1. The van der Waals surface area contributed by atoms with Crippen LogP contribution in [0.3, 0.4) is 0 Å². The van der Waals surface area contributed by atoms with Gasteiger partial charge in [0.1, 0.15) is 5.75 Å². The molecule has 35 heavy (non-hydrogen) atoms. The Morgan fingerprint density at radius 1 is 1.06 bits per heavy atom. The van der Waals surface area contributed by atoms with E-state index in [9.17, 15) is 4.79 Å². The van der Waals surface area contributed by atoms with Crippen molar-refractivity contribution >= 4 is 11.7 Å². The Labute approximate surface area is 207 Å². The molecule has 4 heterocycles. The van der Waals surface area contributed by atoms with Crippen LogP contribution in [0.2, 0.25) is 0 Å². The van der Waals surface area contributed by atoms with Gasteiger partial charge in [0.25, 0.3) is 0 Å². The van der Waals surface area contributed by atoms with E-state index in [0.717, 1.165) is 75.8 Å². The average molecular weight is 478 g/mol. The van der Waals surface area contributed by atoms with E-state index < -0.39 is 0 Å². The molecule has 0 radical (unpaired) electrons. The van der Waals surface area contributed by atoms with Crippen molar-refractivity contribution in [3.8, 4) is 5.75 Å². The second-order valence-corrected chi connectivity index (χ2v) is 10.3. The van der Waals surface area contributed by atoms with E-state index in [1.54, 1.807) is 7.11 Å². The first-order chi connectivity index (χ1) is 17.1. The van der Waals surface area contributed by atoms with Crippen LogP contribution in [0.5, 0.6) is 5.75 Å². The van der Waals surface area contributed by atoms with Gasteiger partial charge in [0.2, 0.25) is 0 Å². The molecule has 8 heteroatoms. The first kappa shape index (κ1) is 22.8. The molecule has 0 atom stereocenters. The first-order valence-electron chi connectivity index (χ1n) is 12.7. The zero-order valence-electron chi connectivity index (χ0n) is 20.4. The van der Waals surface area contributed by atoms with Crippen LogP contribution in [0.4, 0.5) is 10.5 Å². The summed E-state index contributed by atoms with van der Waals surface area (Å²) in [5.41, 5.74) is 9.63. The predicted octanol–water partition coefficient (Wildman–Crippen LogP) is 2.56. The SMILES string of the molecule is COc1cccc(CN2C(=O)N(c3ccc(C4CNNC4)cc3)CC23CCN(C2COC2)CC3)c1. The zero-order valence-corrected chi connectivity index (χ0v) is 20.4. The van der Waals surface area contributed by atoms with Gasteiger partial charge in [-0.05, 0) is 48.2 Å². The Morgan fingerprint density at radius 3 is 2.46 bits per heavy atom. The predicted molar refractivity (Wildman–Crippen MR) is 135 cm³/mol. The Morgan fingerprint density at radius 2 is 1.80 bits per heavy atom. The molecule has 0 unspecified atom stereocenters. The fourth-order valence-electron chi connectivity index (χ4n) is 5.98. The van der Waals surface area contributed by atoms with Gasteiger partial charge >= 0.3 is 6.03 Å². The molecule has 4 aliphatic rings. The number of nitrogens with one attached hydrogen (secondary N) is 2. The number of hydrogen-bond donors (Lipinski definition) is 2. The Bertz CT molecular complexity index is 1040. The van der Waals surface area contributed by atoms with E-state index in [4.69, 9.17) is 9.47 Å². The molecular weight excluding hydrogens is 442 g/mol. The second kappa shape index (κ2) is 9.43. The number of rotatable bonds is 6. The molecule has 186 valence electrons. The van der Waals surface area contributed by atoms with E-state index >= 15 is 0 Å². The number of urea groups is 1. The minimum atomic E-state index is -0.167. The number of carbonyl (C=O) groups is 1. The van der Waals surface area contributed by atoms with Gasteiger partial charge in [-0.25, -0.2) is 4.79 Å². The molecule has 2 aromatic carbocycles. The number of nitrogens with zero attached hydrogens (tertiary/aromatic N) is 3. The molecule has 0 aliphatic carbocycles. The number of ether oxygens (including phenoxy) is 2. The number of methoxy groups -OCH3 is 1. The lowest BCUT2D eigenvalue weighted by atomic mass is 9.85. The number of hydrogen-bond acceptors (Lipinski definition) is 6. The Kier molecular flexibility index (Phi) is 6.14. The van der Waals surface area contributed by atoms with E-state index in [-0.39, 0.29) is 11.6 Å². The minimum Gasteiger partial charge on any atom is -0.497 e. The van der Waals surface area contributed by atoms with Crippen LogP contribution in [0.15, 0.2) is 48.5 Å². The summed E-state index contributed by atoms with van der Waals surface area (Å²) >= 11 is 0. The van der Waals surface area contributed by atoms with Crippen molar-refractivity contribution in [3.05, 3.63) is 59.7 Å². The minimum absolute atomic E-state index is 0.102. The van der Waals surface area contributed by atoms with E-state index in [1.807, 2.05) is 23.1 Å². The second-order valence-electron chi connectivity index (χ2n) is 10.3. The number of anilines is 1. The van der Waals surface area contributed by atoms with Gasteiger partial charge < -0.3 is 14.4 Å². The highest BCUT2D eigenvalue weighted by atomic mass is 16.5. The van der Waals surface area contributed by atoms with Gasteiger partial charge in [-0.1, -0.05) is 24.3 Å². The maximum absolute atomic E-state index is 13.9. The molecule has 4 fully saturated rings. The molecule has 6 rings (SSSR count). The number of piperidine rings is 1. The molecule has 2 N–H and O–H groups in total. The smallest absolute Gasteiger partial charge is 0.325 e. The van der Waals surface area contributed by atoms with Gasteiger partial charge in [0.15, 0.2) is 0 Å². The Hall–Kier alpha value is -2.65. The number of likely N-dealkylation sites (tertiary alicyclic amines) is 1. The van der Waals surface area contributed by atoms with Crippen molar-refractivity contribution in [2.24, 2.45) is 0 Å². The Balaban J connectivity index is 1.25. The van der Waals surface area contributed by atoms with Crippen molar-refractivity contribution in [3.63, 3.8) is 0 Å². The fraction of sp³-hybridized carbons (Fsp3) is 0.519. The molecule has 1 spiro atoms. The molecule has 4 aliphatic heterocycles. The van der Waals surface area contributed by atoms with Gasteiger partial charge in [-0.2, -0.15) is 0 Å². The lowest BCUT2D eigenvalue weighted by molar-refractivity contribution is -0.0813. The van der Waals surface area contributed by atoms with E-state index in [0.29, 0.717) is 18.5 Å². The van der Waals surface area contributed by atoms with Crippen molar-refractivity contribution < 1.29 is 14.3 Å². The lowest BCUT2D eigenvalue weighted by Crippen LogP contribution is -2.59. The van der Waals surface area contributed by atoms with Crippen molar-refractivity contribution in [1.29, 1.82) is 0 Å². The summed E-state index contributed by atoms with van der Waals surface area (Å²) in [6.45, 7) is 6.87. The number of benzene rings is 2. The summed E-state index contributed by atoms with van der Waals surface area (Å²) in [6.07, 6.45) is 1.96. The third-order valence-corrected chi connectivity index (χ3v) is 8.33. The van der Waals surface area contributed by atoms with Crippen LogP contribution in [0, 0.1) is 0 Å². The molecule has 2 aromatic rings. The number of hydrazine groups is 1. The maximum Gasteiger partial charge on any atom is 0.325 e. The molecule has 0 saturated carbocycles. The van der Waals surface area contributed by atoms with Crippen molar-refractivity contribution in [1.82, 2.24) is 20.7 Å². The highest BCUT2D eigenvalue weighted by Crippen LogP contribution is 2.40. The highest BCUT2D eigenvalue weighted by Gasteiger charge is 2.51. The van der Waals surface area contributed by atoms with Crippen LogP contribution in [0.1, 0.15) is 29.9 Å². The molecule has 8 nitrogen and oxygen atoms in total. The topological polar surface area (TPSA) is 69.3 Å². The molecule has 0 aromatic heterocycles. The van der Waals surface area contributed by atoms with Crippen molar-refractivity contribution in [2.45, 2.75) is 36.9 Å². The maximum atomic E-state index is 13.9. The molecule has 2 amide bonds. The average Bonchev–Trinajstić information content (AvgIpc) is 3.49. The summed E-state index contributed by atoms with van der Waals surface area (Å²) in [7, 11) is 1.69. The fourth-order valence-corrected chi connectivity index (χ4v) is 5.98. The number of amides is 2. The van der Waals surface area contributed by atoms with Gasteiger partial charge in [0.05, 0.1) is 38.4 Å². The van der Waals surface area contributed by atoms with E-state index in [1.165, 1.54) is 5.56 Å². The monoisotopic (exact) mass is 477 g/mol. The van der Waals surface area contributed by atoms with Gasteiger partial charge in [-0.3, -0.25) is 20.7 Å². The summed E-state index contributed by atoms with van der Waals surface area (Å²) in [4.78, 5) is 20.6. The summed E-state index contributed by atoms with van der Waals surface area (Å²) < 4.78 is 10.9. The van der Waals surface area contributed by atoms with Crippen LogP contribution in [-0.4, -0.2) is 80.5 Å². The molecular formula is C27H35N5O3. The zero-order chi connectivity index (χ0) is 23.8. The van der Waals surface area contributed by atoms with Crippen LogP contribution >= 0.6 is 0 Å². The summed E-state index contributed by atoms with van der Waals surface area (Å²) in [5, 5.41) is 0. The van der Waals surface area contributed by atoms with Crippen LogP contribution in [0.25, 0.3) is 0 Å². The third kappa shape index (κ3) is 4.29. The van der Waals surface area contributed by atoms with Crippen LogP contribution < -0.4 is 20.5 Å². The van der Waals surface area contributed by atoms with Gasteiger partial charge in [-0.15, -0.1) is 0 Å². The first-order valence-corrected chi connectivity index (χ1v) is 12.7. The highest BCUT2D eigenvalue weighted by molar-refractivity contribution is 5.95. The van der Waals surface area contributed by atoms with Gasteiger partial charge in [0, 0.05) is 44.3 Å². The summed E-state index contributed by atoms with van der Waals surface area (Å²) in [5.74, 6) is 1.29.